The fourth-order valence-electron chi connectivity index (χ4n) is 4.60. The van der Waals surface area contributed by atoms with E-state index in [-0.39, 0.29) is 12.5 Å². The van der Waals surface area contributed by atoms with E-state index in [1.807, 2.05) is 38.1 Å². The van der Waals surface area contributed by atoms with E-state index in [2.05, 4.69) is 20.8 Å². The summed E-state index contributed by atoms with van der Waals surface area (Å²) < 4.78 is 11.1. The highest BCUT2D eigenvalue weighted by molar-refractivity contribution is 5.94. The molecule has 9 nitrogen and oxygen atoms in total. The van der Waals surface area contributed by atoms with Gasteiger partial charge in [-0.3, -0.25) is 4.79 Å². The van der Waals surface area contributed by atoms with Gasteiger partial charge in [-0.25, -0.2) is 9.97 Å². The maximum absolute atomic E-state index is 13.2. The third-order valence-corrected chi connectivity index (χ3v) is 6.50. The SMILES string of the molecule is CNCC(O)COc1cccc(-c2nc(C(=O)NCC3CCCCC3)cc(-c3c(C)noc3C)n2)c1. The summed E-state index contributed by atoms with van der Waals surface area (Å²) in [4.78, 5) is 22.5. The van der Waals surface area contributed by atoms with Crippen molar-refractivity contribution in [3.63, 3.8) is 0 Å². The maximum atomic E-state index is 13.2. The Bertz CT molecular complexity index is 1150. The Balaban J connectivity index is 1.63. The first-order valence-electron chi connectivity index (χ1n) is 12.6. The molecule has 1 aliphatic rings. The maximum Gasteiger partial charge on any atom is 0.270 e. The molecule has 1 amide bonds. The van der Waals surface area contributed by atoms with E-state index in [0.717, 1.165) is 18.4 Å². The number of hydrogen-bond acceptors (Lipinski definition) is 8. The van der Waals surface area contributed by atoms with Gasteiger partial charge in [0.1, 0.15) is 29.9 Å². The van der Waals surface area contributed by atoms with Crippen LogP contribution in [0.1, 0.15) is 54.0 Å². The minimum absolute atomic E-state index is 0.152. The molecule has 36 heavy (non-hydrogen) atoms. The van der Waals surface area contributed by atoms with Crippen molar-refractivity contribution in [3.05, 3.63) is 47.5 Å². The van der Waals surface area contributed by atoms with E-state index in [9.17, 15) is 9.90 Å². The fourth-order valence-corrected chi connectivity index (χ4v) is 4.60. The van der Waals surface area contributed by atoms with Crippen LogP contribution in [-0.4, -0.2) is 59.0 Å². The third kappa shape index (κ3) is 6.47. The number of ether oxygens (including phenoxy) is 1. The second-order valence-corrected chi connectivity index (χ2v) is 9.43. The number of nitrogens with zero attached hydrogens (tertiary/aromatic N) is 3. The number of aryl methyl sites for hydroxylation is 2. The number of benzene rings is 1. The Hall–Kier alpha value is -3.30. The van der Waals surface area contributed by atoms with Crippen LogP contribution in [0.4, 0.5) is 0 Å². The summed E-state index contributed by atoms with van der Waals surface area (Å²) in [5, 5.41) is 20.0. The molecule has 2 heterocycles. The second kappa shape index (κ2) is 12.1. The molecule has 0 saturated heterocycles. The number of likely N-dealkylation sites (N-methyl/N-ethyl adjacent to an activating group) is 1. The van der Waals surface area contributed by atoms with Crippen molar-refractivity contribution in [3.8, 4) is 28.4 Å². The number of carbonyl (C=O) groups is 1. The molecule has 1 saturated carbocycles. The molecule has 1 fully saturated rings. The van der Waals surface area contributed by atoms with Crippen molar-refractivity contribution in [2.75, 3.05) is 26.7 Å². The zero-order valence-electron chi connectivity index (χ0n) is 21.2. The molecular weight excluding hydrogens is 458 g/mol. The molecule has 3 aromatic rings. The van der Waals surface area contributed by atoms with Crippen LogP contribution in [0.3, 0.4) is 0 Å². The van der Waals surface area contributed by atoms with Gasteiger partial charge in [-0.05, 0) is 57.9 Å². The van der Waals surface area contributed by atoms with E-state index in [1.165, 1.54) is 19.3 Å². The van der Waals surface area contributed by atoms with Gasteiger partial charge in [-0.15, -0.1) is 0 Å². The molecule has 1 atom stereocenters. The highest BCUT2D eigenvalue weighted by Crippen LogP contribution is 2.29. The van der Waals surface area contributed by atoms with Gasteiger partial charge in [0.25, 0.3) is 5.91 Å². The quantitative estimate of drug-likeness (QED) is 0.391. The number of carbonyl (C=O) groups excluding carboxylic acids is 1. The number of aliphatic hydroxyl groups excluding tert-OH is 1. The summed E-state index contributed by atoms with van der Waals surface area (Å²) in [7, 11) is 1.77. The molecule has 1 aliphatic carbocycles. The van der Waals surface area contributed by atoms with Crippen molar-refractivity contribution in [2.45, 2.75) is 52.1 Å². The molecule has 0 aliphatic heterocycles. The largest absolute Gasteiger partial charge is 0.491 e. The molecule has 0 radical (unpaired) electrons. The first-order chi connectivity index (χ1) is 17.4. The Kier molecular flexibility index (Phi) is 8.66. The first-order valence-corrected chi connectivity index (χ1v) is 12.6. The van der Waals surface area contributed by atoms with Gasteiger partial charge in [0.05, 0.1) is 17.0 Å². The summed E-state index contributed by atoms with van der Waals surface area (Å²) in [6.07, 6.45) is 5.39. The number of amides is 1. The highest BCUT2D eigenvalue weighted by Gasteiger charge is 2.20. The molecule has 2 aromatic heterocycles. The lowest BCUT2D eigenvalue weighted by molar-refractivity contribution is 0.0938. The van der Waals surface area contributed by atoms with E-state index in [1.54, 1.807) is 13.1 Å². The Morgan fingerprint density at radius 1 is 1.19 bits per heavy atom. The molecule has 4 rings (SSSR count). The van der Waals surface area contributed by atoms with Crippen molar-refractivity contribution < 1.29 is 19.2 Å². The van der Waals surface area contributed by atoms with Crippen LogP contribution in [0.25, 0.3) is 22.6 Å². The first kappa shape index (κ1) is 25.8. The van der Waals surface area contributed by atoms with E-state index in [0.29, 0.717) is 59.0 Å². The molecule has 3 N–H and O–H groups in total. The number of aromatic nitrogens is 3. The van der Waals surface area contributed by atoms with Gasteiger partial charge < -0.3 is 25.0 Å². The monoisotopic (exact) mass is 493 g/mol. The third-order valence-electron chi connectivity index (χ3n) is 6.50. The van der Waals surface area contributed by atoms with Crippen molar-refractivity contribution >= 4 is 5.91 Å². The minimum atomic E-state index is -0.628. The van der Waals surface area contributed by atoms with Gasteiger partial charge in [0.2, 0.25) is 0 Å². The van der Waals surface area contributed by atoms with E-state index in [4.69, 9.17) is 14.2 Å². The Morgan fingerprint density at radius 2 is 2.00 bits per heavy atom. The van der Waals surface area contributed by atoms with Crippen molar-refractivity contribution in [1.29, 1.82) is 0 Å². The summed E-state index contributed by atoms with van der Waals surface area (Å²) >= 11 is 0. The predicted octanol–water partition coefficient (Wildman–Crippen LogP) is 3.68. The molecule has 1 unspecified atom stereocenters. The lowest BCUT2D eigenvalue weighted by Crippen LogP contribution is -2.31. The molecule has 9 heteroatoms. The van der Waals surface area contributed by atoms with Gasteiger partial charge in [-0.2, -0.15) is 0 Å². The summed E-state index contributed by atoms with van der Waals surface area (Å²) in [6.45, 7) is 4.91. The summed E-state index contributed by atoms with van der Waals surface area (Å²) in [5.74, 6) is 1.90. The van der Waals surface area contributed by atoms with E-state index < -0.39 is 6.10 Å². The second-order valence-electron chi connectivity index (χ2n) is 9.43. The normalized spacial score (nSPS) is 15.0. The lowest BCUT2D eigenvalue weighted by Gasteiger charge is -2.21. The van der Waals surface area contributed by atoms with Crippen LogP contribution in [0.15, 0.2) is 34.9 Å². The van der Waals surface area contributed by atoms with Gasteiger partial charge in [0.15, 0.2) is 5.82 Å². The number of nitrogens with one attached hydrogen (secondary N) is 2. The molecular formula is C27H35N5O4. The average Bonchev–Trinajstić information content (AvgIpc) is 3.24. The van der Waals surface area contributed by atoms with E-state index >= 15 is 0 Å². The molecule has 0 bridgehead atoms. The lowest BCUT2D eigenvalue weighted by atomic mass is 9.89. The van der Waals surface area contributed by atoms with Crippen LogP contribution < -0.4 is 15.4 Å². The molecule has 192 valence electrons. The zero-order valence-corrected chi connectivity index (χ0v) is 21.2. The summed E-state index contributed by atoms with van der Waals surface area (Å²) in [6, 6.07) is 9.02. The average molecular weight is 494 g/mol. The highest BCUT2D eigenvalue weighted by atomic mass is 16.5. The molecule has 0 spiro atoms. The minimum Gasteiger partial charge on any atom is -0.491 e. The van der Waals surface area contributed by atoms with Crippen LogP contribution in [0, 0.1) is 19.8 Å². The topological polar surface area (TPSA) is 122 Å². The van der Waals surface area contributed by atoms with Crippen molar-refractivity contribution in [1.82, 2.24) is 25.8 Å². The smallest absolute Gasteiger partial charge is 0.270 e. The Labute approximate surface area is 211 Å². The van der Waals surface area contributed by atoms with Crippen LogP contribution in [0.5, 0.6) is 5.75 Å². The molecule has 1 aromatic carbocycles. The van der Waals surface area contributed by atoms with Crippen LogP contribution >= 0.6 is 0 Å². The number of hydrogen-bond donors (Lipinski definition) is 3. The van der Waals surface area contributed by atoms with Crippen LogP contribution in [-0.2, 0) is 0 Å². The number of rotatable bonds is 10. The predicted molar refractivity (Wildman–Crippen MR) is 137 cm³/mol. The van der Waals surface area contributed by atoms with Gasteiger partial charge >= 0.3 is 0 Å². The summed E-state index contributed by atoms with van der Waals surface area (Å²) in [5.41, 5.74) is 3.02. The number of aliphatic hydroxyl groups is 1. The standard InChI is InChI=1S/C27H35N5O4/c1-17-25(18(2)36-32-17)23-13-24(27(34)29-14-19-8-5-4-6-9-19)31-26(30-23)20-10-7-11-22(12-20)35-16-21(33)15-28-3/h7,10-13,19,21,28,33H,4-6,8-9,14-16H2,1-3H3,(H,29,34). The van der Waals surface area contributed by atoms with Crippen LogP contribution in [0.2, 0.25) is 0 Å². The van der Waals surface area contributed by atoms with Gasteiger partial charge in [0, 0.05) is 18.7 Å². The zero-order chi connectivity index (χ0) is 25.5. The Morgan fingerprint density at radius 3 is 2.72 bits per heavy atom. The van der Waals surface area contributed by atoms with Crippen molar-refractivity contribution in [2.24, 2.45) is 5.92 Å². The fraction of sp³-hybridized carbons (Fsp3) is 0.481. The van der Waals surface area contributed by atoms with Gasteiger partial charge in [-0.1, -0.05) is 36.6 Å².